The second kappa shape index (κ2) is 8.52. The van der Waals surface area contributed by atoms with Crippen LogP contribution in [0.4, 0.5) is 23.7 Å². The Morgan fingerprint density at radius 2 is 1.93 bits per heavy atom. The number of carbonyl (C=O) groups is 4. The maximum atomic E-state index is 12.8. The first-order chi connectivity index (χ1) is 12.7. The number of imide groups is 1. The molecule has 0 spiro atoms. The molecule has 0 saturated carbocycles. The van der Waals surface area contributed by atoms with Crippen molar-refractivity contribution in [3.8, 4) is 0 Å². The van der Waals surface area contributed by atoms with E-state index in [0.29, 0.717) is 0 Å². The highest BCUT2D eigenvalue weighted by Crippen LogP contribution is 2.34. The van der Waals surface area contributed by atoms with Gasteiger partial charge in [0, 0.05) is 13.0 Å². The van der Waals surface area contributed by atoms with Gasteiger partial charge in [-0.1, -0.05) is 12.1 Å². The lowest BCUT2D eigenvalue weighted by Gasteiger charge is -2.14. The van der Waals surface area contributed by atoms with Gasteiger partial charge in [0.25, 0.3) is 5.91 Å². The lowest BCUT2D eigenvalue weighted by molar-refractivity contribution is -0.147. The second-order valence-corrected chi connectivity index (χ2v) is 5.56. The minimum atomic E-state index is -4.64. The summed E-state index contributed by atoms with van der Waals surface area (Å²) in [5, 5.41) is 4.37. The molecule has 1 fully saturated rings. The van der Waals surface area contributed by atoms with E-state index < -0.39 is 47.8 Å². The van der Waals surface area contributed by atoms with Gasteiger partial charge in [-0.3, -0.25) is 19.3 Å². The molecule has 1 aliphatic rings. The Morgan fingerprint density at radius 1 is 1.22 bits per heavy atom. The van der Waals surface area contributed by atoms with Crippen LogP contribution in [0.2, 0.25) is 0 Å². The monoisotopic (exact) mass is 387 g/mol. The molecule has 2 N–H and O–H groups in total. The third-order valence-corrected chi connectivity index (χ3v) is 3.57. The molecule has 11 heteroatoms. The molecular formula is C16H16F3N3O5. The summed E-state index contributed by atoms with van der Waals surface area (Å²) < 4.78 is 43.2. The van der Waals surface area contributed by atoms with Crippen LogP contribution in [-0.2, 0) is 25.3 Å². The van der Waals surface area contributed by atoms with Crippen molar-refractivity contribution < 1.29 is 37.1 Å². The summed E-state index contributed by atoms with van der Waals surface area (Å²) in [5.41, 5.74) is -1.46. The van der Waals surface area contributed by atoms with Crippen LogP contribution in [0.15, 0.2) is 24.3 Å². The number of carbonyl (C=O) groups excluding carboxylic acids is 4. The number of anilines is 1. The maximum absolute atomic E-state index is 12.8. The molecule has 4 amide bonds. The fraction of sp³-hybridized carbons (Fsp3) is 0.375. The second-order valence-electron chi connectivity index (χ2n) is 5.56. The number of rotatable bonds is 7. The van der Waals surface area contributed by atoms with Gasteiger partial charge in [0.1, 0.15) is 0 Å². The number of para-hydroxylation sites is 1. The number of ether oxygens (including phenoxy) is 1. The number of hydrogen-bond acceptors (Lipinski definition) is 5. The zero-order chi connectivity index (χ0) is 20.0. The van der Waals surface area contributed by atoms with Gasteiger partial charge in [0.15, 0.2) is 6.61 Å². The van der Waals surface area contributed by atoms with E-state index in [0.717, 1.165) is 17.0 Å². The first-order valence-electron chi connectivity index (χ1n) is 7.88. The zero-order valence-corrected chi connectivity index (χ0v) is 14.0. The van der Waals surface area contributed by atoms with Crippen molar-refractivity contribution in [2.45, 2.75) is 19.0 Å². The quantitative estimate of drug-likeness (QED) is 0.545. The van der Waals surface area contributed by atoms with Gasteiger partial charge in [-0.05, 0) is 18.6 Å². The number of nitrogens with one attached hydrogen (secondary N) is 2. The van der Waals surface area contributed by atoms with Gasteiger partial charge in [-0.15, -0.1) is 0 Å². The van der Waals surface area contributed by atoms with Gasteiger partial charge in [-0.2, -0.15) is 13.2 Å². The highest BCUT2D eigenvalue weighted by atomic mass is 19.4. The summed E-state index contributed by atoms with van der Waals surface area (Å²) in [6.45, 7) is -0.831. The Kier molecular flexibility index (Phi) is 6.37. The van der Waals surface area contributed by atoms with Crippen molar-refractivity contribution in [1.29, 1.82) is 0 Å². The predicted octanol–water partition coefficient (Wildman–Crippen LogP) is 1.52. The van der Waals surface area contributed by atoms with Gasteiger partial charge in [-0.25, -0.2) is 4.79 Å². The van der Waals surface area contributed by atoms with Crippen molar-refractivity contribution in [3.63, 3.8) is 0 Å². The standard InChI is InChI=1S/C16H16F3N3O5/c17-16(18,19)10-4-1-2-5-11(10)21-12(23)9-27-14(25)6-3-7-22-13(24)8-20-15(22)26/h1-2,4-5H,3,6-9H2,(H,20,26)(H,21,23). The molecule has 1 aromatic carbocycles. The molecule has 1 aromatic rings. The van der Waals surface area contributed by atoms with Crippen LogP contribution in [0.3, 0.4) is 0 Å². The molecule has 0 radical (unpaired) electrons. The van der Waals surface area contributed by atoms with Crippen LogP contribution in [0.5, 0.6) is 0 Å². The minimum Gasteiger partial charge on any atom is -0.456 e. The third-order valence-electron chi connectivity index (χ3n) is 3.57. The minimum absolute atomic E-state index is 0.0188. The van der Waals surface area contributed by atoms with Crippen LogP contribution < -0.4 is 10.6 Å². The largest absolute Gasteiger partial charge is 0.456 e. The molecule has 0 aliphatic carbocycles. The molecule has 146 valence electrons. The summed E-state index contributed by atoms with van der Waals surface area (Å²) in [5.74, 6) is -2.11. The van der Waals surface area contributed by atoms with E-state index in [4.69, 9.17) is 0 Å². The van der Waals surface area contributed by atoms with Crippen LogP contribution in [0, 0.1) is 0 Å². The Hall–Kier alpha value is -3.11. The maximum Gasteiger partial charge on any atom is 0.418 e. The summed E-state index contributed by atoms with van der Waals surface area (Å²) >= 11 is 0. The Balaban J connectivity index is 1.75. The van der Waals surface area contributed by atoms with E-state index in [1.807, 2.05) is 5.32 Å². The molecule has 27 heavy (non-hydrogen) atoms. The Labute approximate surface area is 151 Å². The van der Waals surface area contributed by atoms with Crippen LogP contribution in [-0.4, -0.2) is 48.4 Å². The van der Waals surface area contributed by atoms with Crippen LogP contribution in [0.25, 0.3) is 0 Å². The zero-order valence-electron chi connectivity index (χ0n) is 14.0. The van der Waals surface area contributed by atoms with Crippen LogP contribution >= 0.6 is 0 Å². The summed E-state index contributed by atoms with van der Waals surface area (Å²) in [6, 6.07) is 3.87. The van der Waals surface area contributed by atoms with E-state index in [2.05, 4.69) is 10.1 Å². The fourth-order valence-electron chi connectivity index (χ4n) is 2.31. The van der Waals surface area contributed by atoms with Crippen molar-refractivity contribution in [2.75, 3.05) is 25.0 Å². The molecule has 0 atom stereocenters. The highest BCUT2D eigenvalue weighted by Gasteiger charge is 2.33. The number of amides is 4. The molecule has 1 aliphatic heterocycles. The topological polar surface area (TPSA) is 105 Å². The first-order valence-corrected chi connectivity index (χ1v) is 7.88. The van der Waals surface area contributed by atoms with Crippen molar-refractivity contribution >= 4 is 29.5 Å². The number of hydrogen-bond donors (Lipinski definition) is 2. The third kappa shape index (κ3) is 5.69. The van der Waals surface area contributed by atoms with Gasteiger partial charge in [0.2, 0.25) is 5.91 Å². The number of esters is 1. The Morgan fingerprint density at radius 3 is 2.56 bits per heavy atom. The van der Waals surface area contributed by atoms with Gasteiger partial charge < -0.3 is 15.4 Å². The van der Waals surface area contributed by atoms with E-state index in [9.17, 15) is 32.3 Å². The smallest absolute Gasteiger partial charge is 0.418 e. The van der Waals surface area contributed by atoms with Crippen molar-refractivity contribution in [3.05, 3.63) is 29.8 Å². The normalized spacial score (nSPS) is 14.1. The number of halogens is 3. The molecule has 0 unspecified atom stereocenters. The lowest BCUT2D eigenvalue weighted by Crippen LogP contribution is -2.32. The van der Waals surface area contributed by atoms with Gasteiger partial charge in [0.05, 0.1) is 17.8 Å². The average Bonchev–Trinajstić information content (AvgIpc) is 2.91. The molecule has 0 bridgehead atoms. The Bertz CT molecular complexity index is 735. The van der Waals surface area contributed by atoms with E-state index >= 15 is 0 Å². The number of urea groups is 1. The van der Waals surface area contributed by atoms with E-state index in [1.54, 1.807) is 0 Å². The molecule has 8 nitrogen and oxygen atoms in total. The summed E-state index contributed by atoms with van der Waals surface area (Å²) in [4.78, 5) is 46.9. The van der Waals surface area contributed by atoms with E-state index in [-0.39, 0.29) is 25.9 Å². The molecule has 1 heterocycles. The molecule has 2 rings (SSSR count). The predicted molar refractivity (Wildman–Crippen MR) is 85.4 cm³/mol. The number of alkyl halides is 3. The molecule has 1 saturated heterocycles. The number of benzene rings is 1. The fourth-order valence-corrected chi connectivity index (χ4v) is 2.31. The van der Waals surface area contributed by atoms with Crippen molar-refractivity contribution in [1.82, 2.24) is 10.2 Å². The highest BCUT2D eigenvalue weighted by molar-refractivity contribution is 6.01. The van der Waals surface area contributed by atoms with Gasteiger partial charge >= 0.3 is 18.2 Å². The molecule has 0 aromatic heterocycles. The SMILES string of the molecule is O=C(COC(=O)CCCN1C(=O)CNC1=O)Nc1ccccc1C(F)(F)F. The van der Waals surface area contributed by atoms with Crippen molar-refractivity contribution in [2.24, 2.45) is 0 Å². The summed E-state index contributed by atoms with van der Waals surface area (Å²) in [6.07, 6.45) is -4.67. The first kappa shape index (κ1) is 20.2. The lowest BCUT2D eigenvalue weighted by atomic mass is 10.1. The van der Waals surface area contributed by atoms with E-state index in [1.165, 1.54) is 12.1 Å². The average molecular weight is 387 g/mol. The summed E-state index contributed by atoms with van der Waals surface area (Å²) in [7, 11) is 0. The number of nitrogens with zero attached hydrogens (tertiary/aromatic N) is 1. The molecular weight excluding hydrogens is 371 g/mol. The van der Waals surface area contributed by atoms with Crippen LogP contribution in [0.1, 0.15) is 18.4 Å².